The number of carbonyl (C=O) groups is 2. The number of ether oxygens (including phenoxy) is 2. The van der Waals surface area contributed by atoms with E-state index in [4.69, 9.17) is 9.47 Å². The van der Waals surface area contributed by atoms with Gasteiger partial charge in [0, 0.05) is 42.5 Å². The number of piperidine rings is 1. The van der Waals surface area contributed by atoms with Gasteiger partial charge in [-0.05, 0) is 115 Å². The summed E-state index contributed by atoms with van der Waals surface area (Å²) in [5.41, 5.74) is 0.593. The zero-order chi connectivity index (χ0) is 32.2. The SMILES string of the molecule is CC(C)N(C(=O)c1cc(F)ccc1Oc1cncnc1N1CC2(CCN(C[C@@H]3CC4CCC3CC43COC(=O)C3)CC2)C1)C(C)C. The molecule has 0 N–H and O–H groups in total. The summed E-state index contributed by atoms with van der Waals surface area (Å²) >= 11 is 0. The van der Waals surface area contributed by atoms with Crippen molar-refractivity contribution in [3.63, 3.8) is 0 Å². The molecule has 1 amide bonds. The third-order valence-corrected chi connectivity index (χ3v) is 11.9. The lowest BCUT2D eigenvalue weighted by atomic mass is 9.52. The van der Waals surface area contributed by atoms with Gasteiger partial charge in [-0.2, -0.15) is 0 Å². The Hall–Kier alpha value is -3.27. The highest BCUT2D eigenvalue weighted by molar-refractivity contribution is 5.97. The molecule has 248 valence electrons. The van der Waals surface area contributed by atoms with Crippen LogP contribution >= 0.6 is 0 Å². The van der Waals surface area contributed by atoms with E-state index in [2.05, 4.69) is 19.8 Å². The Labute approximate surface area is 271 Å². The summed E-state index contributed by atoms with van der Waals surface area (Å²) in [5.74, 6) is 2.84. The number of nitrogens with zero attached hydrogens (tertiary/aromatic N) is 5. The van der Waals surface area contributed by atoms with E-state index in [-0.39, 0.29) is 40.4 Å². The van der Waals surface area contributed by atoms with Crippen LogP contribution in [0.25, 0.3) is 0 Å². The summed E-state index contributed by atoms with van der Waals surface area (Å²) in [5, 5.41) is 0. The fraction of sp³-hybridized carbons (Fsp3) is 0.667. The number of carbonyl (C=O) groups excluding carboxylic acids is 2. The van der Waals surface area contributed by atoms with E-state index in [9.17, 15) is 14.0 Å². The maximum atomic E-state index is 14.4. The van der Waals surface area contributed by atoms with Crippen LogP contribution in [-0.4, -0.2) is 83.1 Å². The smallest absolute Gasteiger partial charge is 0.306 e. The van der Waals surface area contributed by atoms with Crippen molar-refractivity contribution in [3.05, 3.63) is 42.1 Å². The molecule has 1 aromatic carbocycles. The van der Waals surface area contributed by atoms with Crippen LogP contribution in [-0.2, 0) is 9.53 Å². The maximum Gasteiger partial charge on any atom is 0.306 e. The van der Waals surface area contributed by atoms with Crippen LogP contribution in [0.2, 0.25) is 0 Å². The van der Waals surface area contributed by atoms with Crippen molar-refractivity contribution in [1.29, 1.82) is 0 Å². The minimum absolute atomic E-state index is 0.00976. The van der Waals surface area contributed by atoms with Gasteiger partial charge in [0.2, 0.25) is 0 Å². The van der Waals surface area contributed by atoms with Crippen LogP contribution in [0.5, 0.6) is 11.5 Å². The fourth-order valence-corrected chi connectivity index (χ4v) is 9.54. The molecule has 3 aliphatic heterocycles. The normalized spacial score (nSPS) is 28.6. The van der Waals surface area contributed by atoms with Gasteiger partial charge in [-0.25, -0.2) is 14.4 Å². The minimum Gasteiger partial charge on any atom is -0.465 e. The predicted octanol–water partition coefficient (Wildman–Crippen LogP) is 5.94. The van der Waals surface area contributed by atoms with Gasteiger partial charge in [-0.15, -0.1) is 0 Å². The fourth-order valence-electron chi connectivity index (χ4n) is 9.54. The lowest BCUT2D eigenvalue weighted by Gasteiger charge is -2.56. The van der Waals surface area contributed by atoms with Gasteiger partial charge in [-0.1, -0.05) is 0 Å². The predicted molar refractivity (Wildman–Crippen MR) is 172 cm³/mol. The summed E-state index contributed by atoms with van der Waals surface area (Å²) < 4.78 is 26.1. The molecule has 4 heterocycles. The molecule has 3 saturated heterocycles. The third kappa shape index (κ3) is 5.75. The number of cyclic esters (lactones) is 1. The zero-order valence-corrected chi connectivity index (χ0v) is 27.7. The van der Waals surface area contributed by atoms with Crippen molar-refractivity contribution in [3.8, 4) is 11.5 Å². The van der Waals surface area contributed by atoms with E-state index in [1.165, 1.54) is 56.8 Å². The summed E-state index contributed by atoms with van der Waals surface area (Å²) in [4.78, 5) is 41.0. The average molecular weight is 634 g/mol. The average Bonchev–Trinajstić information content (AvgIpc) is 3.37. The second-order valence-corrected chi connectivity index (χ2v) is 15.4. The Morgan fingerprint density at radius 3 is 2.54 bits per heavy atom. The van der Waals surface area contributed by atoms with Crippen molar-refractivity contribution in [1.82, 2.24) is 19.8 Å². The number of anilines is 1. The molecule has 3 saturated carbocycles. The number of rotatable bonds is 8. The molecule has 10 heteroatoms. The van der Waals surface area contributed by atoms with Gasteiger partial charge in [-0.3, -0.25) is 9.59 Å². The number of benzene rings is 1. The van der Waals surface area contributed by atoms with E-state index in [0.29, 0.717) is 36.3 Å². The van der Waals surface area contributed by atoms with Gasteiger partial charge in [0.1, 0.15) is 17.9 Å². The quantitative estimate of drug-likeness (QED) is 0.330. The summed E-state index contributed by atoms with van der Waals surface area (Å²) in [6.45, 7) is 13.7. The lowest BCUT2D eigenvalue weighted by Crippen LogP contribution is -2.61. The number of aromatic nitrogens is 2. The van der Waals surface area contributed by atoms with Crippen molar-refractivity contribution < 1.29 is 23.5 Å². The van der Waals surface area contributed by atoms with Crippen molar-refractivity contribution in [2.75, 3.05) is 44.2 Å². The number of hydrogen-bond donors (Lipinski definition) is 0. The molecule has 2 spiro atoms. The molecule has 0 radical (unpaired) electrons. The Morgan fingerprint density at radius 1 is 1.13 bits per heavy atom. The van der Waals surface area contributed by atoms with Crippen LogP contribution in [0.3, 0.4) is 0 Å². The third-order valence-electron chi connectivity index (χ3n) is 11.9. The Kier molecular flexibility index (Phi) is 8.22. The highest BCUT2D eigenvalue weighted by atomic mass is 19.1. The molecule has 2 bridgehead atoms. The number of esters is 1. The van der Waals surface area contributed by atoms with Crippen LogP contribution in [0.4, 0.5) is 10.2 Å². The molecule has 1 aromatic heterocycles. The van der Waals surface area contributed by atoms with Gasteiger partial charge in [0.25, 0.3) is 5.91 Å². The van der Waals surface area contributed by atoms with Gasteiger partial charge >= 0.3 is 5.97 Å². The van der Waals surface area contributed by atoms with E-state index in [0.717, 1.165) is 50.9 Å². The molecular weight excluding hydrogens is 585 g/mol. The van der Waals surface area contributed by atoms with Crippen LogP contribution in [0, 0.1) is 34.4 Å². The van der Waals surface area contributed by atoms with Crippen molar-refractivity contribution >= 4 is 17.7 Å². The molecule has 4 atom stereocenters. The number of amides is 1. The van der Waals surface area contributed by atoms with Crippen molar-refractivity contribution in [2.45, 2.75) is 84.7 Å². The second-order valence-electron chi connectivity index (χ2n) is 15.4. The molecule has 8 rings (SSSR count). The largest absolute Gasteiger partial charge is 0.465 e. The van der Waals surface area contributed by atoms with E-state index < -0.39 is 5.82 Å². The summed E-state index contributed by atoms with van der Waals surface area (Å²) in [7, 11) is 0. The first-order valence-electron chi connectivity index (χ1n) is 17.3. The molecule has 46 heavy (non-hydrogen) atoms. The molecule has 6 aliphatic rings. The Morgan fingerprint density at radius 2 is 1.89 bits per heavy atom. The lowest BCUT2D eigenvalue weighted by molar-refractivity contribution is -0.137. The van der Waals surface area contributed by atoms with E-state index in [1.807, 2.05) is 27.7 Å². The zero-order valence-electron chi connectivity index (χ0n) is 27.7. The van der Waals surface area contributed by atoms with Gasteiger partial charge in [0.05, 0.1) is 24.8 Å². The molecule has 2 aromatic rings. The number of halogens is 1. The maximum absolute atomic E-state index is 14.4. The van der Waals surface area contributed by atoms with Crippen LogP contribution in [0.1, 0.15) is 83.0 Å². The first kappa shape index (κ1) is 31.3. The molecule has 3 unspecified atom stereocenters. The Balaban J connectivity index is 0.970. The minimum atomic E-state index is -0.483. The summed E-state index contributed by atoms with van der Waals surface area (Å²) in [6.07, 6.45) is 11.1. The van der Waals surface area contributed by atoms with E-state index in [1.54, 1.807) is 11.1 Å². The standard InChI is InChI=1S/C36H48FN5O4/c1-23(2)42(24(3)4)34(44)29-14-28(37)7-8-30(29)46-31-17-38-22-39-33(31)41-19-35(20-41)9-11-40(12-10-35)18-26-13-27-6-5-25(26)15-36(27)16-32(43)45-21-36/h7-8,14,17,22-27H,5-6,9-13,15-16,18-21H2,1-4H3/t25?,26-,27?,36?/m0/s1. The van der Waals surface area contributed by atoms with E-state index >= 15 is 0 Å². The highest BCUT2D eigenvalue weighted by Crippen LogP contribution is 2.58. The van der Waals surface area contributed by atoms with Crippen LogP contribution in [0.15, 0.2) is 30.7 Å². The second kappa shape index (κ2) is 12.1. The number of likely N-dealkylation sites (tertiary alicyclic amines) is 1. The monoisotopic (exact) mass is 633 g/mol. The topological polar surface area (TPSA) is 88.1 Å². The molecule has 6 fully saturated rings. The summed E-state index contributed by atoms with van der Waals surface area (Å²) in [6, 6.07) is 3.99. The molecule has 9 nitrogen and oxygen atoms in total. The van der Waals surface area contributed by atoms with Gasteiger partial charge in [0.15, 0.2) is 11.6 Å². The number of hydrogen-bond acceptors (Lipinski definition) is 8. The molecule has 3 aliphatic carbocycles. The first-order valence-corrected chi connectivity index (χ1v) is 17.3. The Bertz CT molecular complexity index is 1460. The molecular formula is C36H48FN5O4. The first-order chi connectivity index (χ1) is 22.0. The number of fused-ring (bicyclic) bond motifs is 2. The highest BCUT2D eigenvalue weighted by Gasteiger charge is 2.55. The van der Waals surface area contributed by atoms with Crippen LogP contribution < -0.4 is 9.64 Å². The van der Waals surface area contributed by atoms with Gasteiger partial charge < -0.3 is 24.2 Å². The van der Waals surface area contributed by atoms with Crippen molar-refractivity contribution in [2.24, 2.45) is 28.6 Å².